The molecule has 0 bridgehead atoms. The van der Waals surface area contributed by atoms with Crippen LogP contribution in [-0.4, -0.2) is 49.2 Å². The lowest BCUT2D eigenvalue weighted by Gasteiger charge is -2.07. The molecule has 0 unspecified atom stereocenters. The van der Waals surface area contributed by atoms with Gasteiger partial charge in [-0.15, -0.1) is 0 Å². The van der Waals surface area contributed by atoms with Crippen LogP contribution in [0.4, 0.5) is 5.69 Å². The van der Waals surface area contributed by atoms with E-state index < -0.39 is 11.9 Å². The van der Waals surface area contributed by atoms with Gasteiger partial charge in [0.15, 0.2) is 5.17 Å². The number of likely N-dealkylation sites (N-methyl/N-ethyl adjacent to an activating group) is 1. The number of nitrogens with zero attached hydrogens (tertiary/aromatic N) is 2. The van der Waals surface area contributed by atoms with E-state index in [2.05, 4.69) is 14.5 Å². The zero-order chi connectivity index (χ0) is 21.0. The second-order valence-electron chi connectivity index (χ2n) is 6.02. The Labute approximate surface area is 172 Å². The summed E-state index contributed by atoms with van der Waals surface area (Å²) in [6.45, 7) is 0. The molecule has 0 radical (unpaired) electrons. The van der Waals surface area contributed by atoms with Crippen LogP contribution in [0.25, 0.3) is 6.08 Å². The van der Waals surface area contributed by atoms with Gasteiger partial charge < -0.3 is 9.47 Å². The average Bonchev–Trinajstić information content (AvgIpc) is 3.01. The average molecular weight is 410 g/mol. The van der Waals surface area contributed by atoms with Crippen LogP contribution in [-0.2, 0) is 14.3 Å². The van der Waals surface area contributed by atoms with E-state index in [4.69, 9.17) is 0 Å². The van der Waals surface area contributed by atoms with Crippen molar-refractivity contribution in [3.8, 4) is 0 Å². The lowest BCUT2D eigenvalue weighted by molar-refractivity contribution is -0.121. The smallest absolute Gasteiger partial charge is 0.337 e. The minimum Gasteiger partial charge on any atom is -0.465 e. The zero-order valence-electron chi connectivity index (χ0n) is 16.0. The molecule has 0 aromatic heterocycles. The third-order valence-electron chi connectivity index (χ3n) is 4.15. The van der Waals surface area contributed by atoms with Crippen molar-refractivity contribution in [1.29, 1.82) is 0 Å². The maximum Gasteiger partial charge on any atom is 0.337 e. The van der Waals surface area contributed by atoms with Gasteiger partial charge in [-0.05, 0) is 59.8 Å². The SMILES string of the molecule is COC(=O)c1ccc(/C=C2\SC(=Nc3ccc(C(=O)OC)cc3)N(C)C2=O)cc1. The normalized spacial score (nSPS) is 16.4. The van der Waals surface area contributed by atoms with Crippen LogP contribution in [0.2, 0.25) is 0 Å². The first-order valence-electron chi connectivity index (χ1n) is 8.56. The number of carbonyl (C=O) groups excluding carboxylic acids is 3. The summed E-state index contributed by atoms with van der Waals surface area (Å²) in [6, 6.07) is 13.4. The maximum absolute atomic E-state index is 12.5. The van der Waals surface area contributed by atoms with E-state index >= 15 is 0 Å². The molecule has 1 aliphatic rings. The summed E-state index contributed by atoms with van der Waals surface area (Å²) in [5.41, 5.74) is 2.26. The van der Waals surface area contributed by atoms with Gasteiger partial charge in [0.25, 0.3) is 5.91 Å². The lowest BCUT2D eigenvalue weighted by atomic mass is 10.1. The Bertz CT molecular complexity index is 1010. The van der Waals surface area contributed by atoms with Crippen molar-refractivity contribution in [2.24, 2.45) is 4.99 Å². The highest BCUT2D eigenvalue weighted by Crippen LogP contribution is 2.33. The highest BCUT2D eigenvalue weighted by atomic mass is 32.2. The lowest BCUT2D eigenvalue weighted by Crippen LogP contribution is -2.23. The van der Waals surface area contributed by atoms with Crippen LogP contribution < -0.4 is 0 Å². The van der Waals surface area contributed by atoms with Gasteiger partial charge in [-0.1, -0.05) is 12.1 Å². The fraction of sp³-hybridized carbons (Fsp3) is 0.143. The molecule has 8 heteroatoms. The van der Waals surface area contributed by atoms with Crippen molar-refractivity contribution in [2.75, 3.05) is 21.3 Å². The summed E-state index contributed by atoms with van der Waals surface area (Å²) in [5.74, 6) is -1.00. The molecule has 1 fully saturated rings. The summed E-state index contributed by atoms with van der Waals surface area (Å²) in [5, 5.41) is 0.526. The molecular formula is C21H18N2O5S. The third-order valence-corrected chi connectivity index (χ3v) is 5.21. The first-order valence-corrected chi connectivity index (χ1v) is 9.37. The van der Waals surface area contributed by atoms with Crippen molar-refractivity contribution < 1.29 is 23.9 Å². The predicted molar refractivity (Wildman–Crippen MR) is 111 cm³/mol. The van der Waals surface area contributed by atoms with Gasteiger partial charge >= 0.3 is 11.9 Å². The molecule has 29 heavy (non-hydrogen) atoms. The van der Waals surface area contributed by atoms with Gasteiger partial charge in [-0.25, -0.2) is 14.6 Å². The van der Waals surface area contributed by atoms with Crippen LogP contribution >= 0.6 is 11.8 Å². The van der Waals surface area contributed by atoms with Gasteiger partial charge in [-0.3, -0.25) is 9.69 Å². The summed E-state index contributed by atoms with van der Waals surface area (Å²) >= 11 is 1.25. The number of rotatable bonds is 4. The van der Waals surface area contributed by atoms with E-state index in [1.807, 2.05) is 0 Å². The monoisotopic (exact) mass is 410 g/mol. The van der Waals surface area contributed by atoms with Gasteiger partial charge in [0.2, 0.25) is 0 Å². The van der Waals surface area contributed by atoms with Crippen LogP contribution in [0, 0.1) is 0 Å². The van der Waals surface area contributed by atoms with Crippen LogP contribution in [0.15, 0.2) is 58.4 Å². The van der Waals surface area contributed by atoms with Crippen molar-refractivity contribution in [3.63, 3.8) is 0 Å². The third kappa shape index (κ3) is 4.55. The minimum absolute atomic E-state index is 0.169. The molecular weight excluding hydrogens is 392 g/mol. The molecule has 7 nitrogen and oxygen atoms in total. The number of methoxy groups -OCH3 is 2. The zero-order valence-corrected chi connectivity index (χ0v) is 16.9. The Balaban J connectivity index is 1.80. The Morgan fingerprint density at radius 1 is 0.931 bits per heavy atom. The van der Waals surface area contributed by atoms with Gasteiger partial charge in [0, 0.05) is 7.05 Å². The summed E-state index contributed by atoms with van der Waals surface area (Å²) < 4.78 is 9.35. The molecule has 0 spiro atoms. The Kier molecular flexibility index (Phi) is 6.13. The van der Waals surface area contributed by atoms with Crippen LogP contribution in [0.1, 0.15) is 26.3 Å². The second kappa shape index (κ2) is 8.74. The molecule has 1 aliphatic heterocycles. The largest absolute Gasteiger partial charge is 0.465 e. The quantitative estimate of drug-likeness (QED) is 0.567. The number of hydrogen-bond donors (Lipinski definition) is 0. The van der Waals surface area contributed by atoms with Crippen molar-refractivity contribution in [2.45, 2.75) is 0 Å². The summed E-state index contributed by atoms with van der Waals surface area (Å²) in [7, 11) is 4.30. The standard InChI is InChI=1S/C21H18N2O5S/c1-23-18(24)17(12-13-4-6-14(7-5-13)19(25)27-2)29-21(23)22-16-10-8-15(9-11-16)20(26)28-3/h4-12H,1-3H3/b17-12-,22-21?. The summed E-state index contributed by atoms with van der Waals surface area (Å²) in [6.07, 6.45) is 1.74. The Hall–Kier alpha value is -3.39. The predicted octanol–water partition coefficient (Wildman–Crippen LogP) is 3.49. The van der Waals surface area contributed by atoms with Gasteiger partial charge in [-0.2, -0.15) is 0 Å². The number of ether oxygens (including phenoxy) is 2. The Morgan fingerprint density at radius 3 is 1.97 bits per heavy atom. The van der Waals surface area contributed by atoms with E-state index in [9.17, 15) is 14.4 Å². The molecule has 3 rings (SSSR count). The number of amidine groups is 1. The highest BCUT2D eigenvalue weighted by molar-refractivity contribution is 8.18. The molecule has 0 aliphatic carbocycles. The number of amides is 1. The van der Waals surface area contributed by atoms with Crippen molar-refractivity contribution in [3.05, 3.63) is 70.1 Å². The second-order valence-corrected chi connectivity index (χ2v) is 7.03. The summed E-state index contributed by atoms with van der Waals surface area (Å²) in [4.78, 5) is 42.0. The van der Waals surface area contributed by atoms with Gasteiger partial charge in [0.05, 0.1) is 35.9 Å². The number of carbonyl (C=O) groups is 3. The first kappa shape index (κ1) is 20.3. The van der Waals surface area contributed by atoms with E-state index in [1.54, 1.807) is 61.7 Å². The van der Waals surface area contributed by atoms with E-state index in [0.717, 1.165) is 5.56 Å². The number of aliphatic imine (C=N–C) groups is 1. The number of thioether (sulfide) groups is 1. The number of hydrogen-bond acceptors (Lipinski definition) is 7. The molecule has 1 heterocycles. The highest BCUT2D eigenvalue weighted by Gasteiger charge is 2.30. The molecule has 148 valence electrons. The molecule has 2 aromatic carbocycles. The van der Waals surface area contributed by atoms with E-state index in [0.29, 0.717) is 26.9 Å². The van der Waals surface area contributed by atoms with Crippen LogP contribution in [0.3, 0.4) is 0 Å². The first-order chi connectivity index (χ1) is 13.9. The molecule has 0 atom stereocenters. The van der Waals surface area contributed by atoms with Crippen molar-refractivity contribution in [1.82, 2.24) is 4.90 Å². The number of benzene rings is 2. The van der Waals surface area contributed by atoms with E-state index in [-0.39, 0.29) is 5.91 Å². The molecule has 0 N–H and O–H groups in total. The topological polar surface area (TPSA) is 85.3 Å². The van der Waals surface area contributed by atoms with Crippen molar-refractivity contribution >= 4 is 46.5 Å². The molecule has 1 amide bonds. The molecule has 0 saturated carbocycles. The van der Waals surface area contributed by atoms with E-state index in [1.165, 1.54) is 30.9 Å². The molecule has 2 aromatic rings. The number of esters is 2. The Morgan fingerprint density at radius 2 is 1.45 bits per heavy atom. The molecule has 1 saturated heterocycles. The maximum atomic E-state index is 12.5. The minimum atomic E-state index is -0.421. The fourth-order valence-corrected chi connectivity index (χ4v) is 3.52. The van der Waals surface area contributed by atoms with Gasteiger partial charge in [0.1, 0.15) is 0 Å². The van der Waals surface area contributed by atoms with Crippen LogP contribution in [0.5, 0.6) is 0 Å². The fourth-order valence-electron chi connectivity index (χ4n) is 2.54.